The number of allylic oxidation sites excluding steroid dienone is 1. The van der Waals surface area contributed by atoms with Crippen molar-refractivity contribution in [3.05, 3.63) is 12.2 Å². The van der Waals surface area contributed by atoms with Gasteiger partial charge in [-0.2, -0.15) is 0 Å². The average Bonchev–Trinajstić information content (AvgIpc) is 1.89. The molecule has 0 bridgehead atoms. The van der Waals surface area contributed by atoms with Crippen LogP contribution < -0.4 is 0 Å². The molecule has 0 heterocycles. The van der Waals surface area contributed by atoms with E-state index in [1.807, 2.05) is 0 Å². The van der Waals surface area contributed by atoms with E-state index in [1.54, 1.807) is 0 Å². The summed E-state index contributed by atoms with van der Waals surface area (Å²) in [7, 11) is 0. The summed E-state index contributed by atoms with van der Waals surface area (Å²) >= 11 is 0. The van der Waals surface area contributed by atoms with Gasteiger partial charge >= 0.3 is 0 Å². The zero-order valence-corrected chi connectivity index (χ0v) is 5.60. The summed E-state index contributed by atoms with van der Waals surface area (Å²) in [5, 5.41) is 0. The molecule has 50 valence electrons. The first kappa shape index (κ1) is 6.53. The molecule has 1 saturated carbocycles. The first-order valence-electron chi connectivity index (χ1n) is 3.47. The molecule has 1 atom stereocenters. The third-order valence-corrected chi connectivity index (χ3v) is 1.95. The molecule has 0 aromatic rings. The van der Waals surface area contributed by atoms with Crippen LogP contribution >= 0.6 is 0 Å². The largest absolute Gasteiger partial charge is 0.303 e. The summed E-state index contributed by atoms with van der Waals surface area (Å²) in [5.74, 6) is 0.179. The van der Waals surface area contributed by atoms with Crippen LogP contribution in [0.4, 0.5) is 0 Å². The van der Waals surface area contributed by atoms with E-state index < -0.39 is 0 Å². The molecule has 0 aromatic carbocycles. The minimum atomic E-state index is 0.179. The van der Waals surface area contributed by atoms with Crippen molar-refractivity contribution in [1.82, 2.24) is 0 Å². The van der Waals surface area contributed by atoms with Gasteiger partial charge in [-0.15, -0.1) is 0 Å². The fraction of sp³-hybridized carbons (Fsp3) is 0.625. The second kappa shape index (κ2) is 2.81. The Kier molecular flexibility index (Phi) is 2.04. The molecule has 9 heavy (non-hydrogen) atoms. The lowest BCUT2D eigenvalue weighted by Crippen LogP contribution is -2.09. The predicted octanol–water partition coefficient (Wildman–Crippen LogP) is 1.93. The molecule has 0 radical (unpaired) electrons. The molecule has 1 aliphatic rings. The Labute approximate surface area is 55.8 Å². The Balaban J connectivity index is 2.48. The second-order valence-electron chi connectivity index (χ2n) is 2.65. The monoisotopic (exact) mass is 124 g/mol. The summed E-state index contributed by atoms with van der Waals surface area (Å²) in [6, 6.07) is 0. The van der Waals surface area contributed by atoms with E-state index in [0.717, 1.165) is 24.7 Å². The highest BCUT2D eigenvalue weighted by molar-refractivity contribution is 5.58. The highest BCUT2D eigenvalue weighted by Crippen LogP contribution is 2.25. The number of hydrogen-bond donors (Lipinski definition) is 0. The van der Waals surface area contributed by atoms with Gasteiger partial charge in [-0.05, 0) is 19.3 Å². The summed E-state index contributed by atoms with van der Waals surface area (Å²) in [6.45, 7) is 3.84. The lowest BCUT2D eigenvalue weighted by Gasteiger charge is -2.18. The van der Waals surface area contributed by atoms with E-state index >= 15 is 0 Å². The van der Waals surface area contributed by atoms with Gasteiger partial charge in [-0.3, -0.25) is 0 Å². The zero-order valence-electron chi connectivity index (χ0n) is 5.60. The highest BCUT2D eigenvalue weighted by Gasteiger charge is 2.15. The molecule has 0 spiro atoms. The molecule has 0 saturated heterocycles. The quantitative estimate of drug-likeness (QED) is 0.385. The Bertz CT molecular complexity index is 127. The fourth-order valence-electron chi connectivity index (χ4n) is 1.27. The number of aldehydes is 1. The van der Waals surface area contributed by atoms with Crippen molar-refractivity contribution < 1.29 is 4.79 Å². The van der Waals surface area contributed by atoms with Gasteiger partial charge in [-0.25, -0.2) is 0 Å². The third-order valence-electron chi connectivity index (χ3n) is 1.95. The standard InChI is InChI=1S/C8H12O/c1-7-4-2-3-5-8(7)6-9/h6,8H,1-5H2. The van der Waals surface area contributed by atoms with Crippen LogP contribution in [0.25, 0.3) is 0 Å². The molecule has 0 amide bonds. The van der Waals surface area contributed by atoms with Crippen LogP contribution in [0.2, 0.25) is 0 Å². The van der Waals surface area contributed by atoms with Gasteiger partial charge in [0, 0.05) is 5.92 Å². The van der Waals surface area contributed by atoms with Crippen LogP contribution in [-0.2, 0) is 4.79 Å². The van der Waals surface area contributed by atoms with Crippen molar-refractivity contribution in [2.45, 2.75) is 25.7 Å². The van der Waals surface area contributed by atoms with Crippen molar-refractivity contribution in [2.75, 3.05) is 0 Å². The van der Waals surface area contributed by atoms with E-state index in [-0.39, 0.29) is 5.92 Å². The van der Waals surface area contributed by atoms with Crippen molar-refractivity contribution in [1.29, 1.82) is 0 Å². The SMILES string of the molecule is C=C1CCCCC1C=O. The molecule has 1 unspecified atom stereocenters. The maximum atomic E-state index is 10.3. The van der Waals surface area contributed by atoms with Gasteiger partial charge in [0.15, 0.2) is 0 Å². The van der Waals surface area contributed by atoms with Crippen LogP contribution in [0.3, 0.4) is 0 Å². The van der Waals surface area contributed by atoms with Gasteiger partial charge in [0.1, 0.15) is 6.29 Å². The van der Waals surface area contributed by atoms with Gasteiger partial charge in [0.2, 0.25) is 0 Å². The number of rotatable bonds is 1. The minimum absolute atomic E-state index is 0.179. The van der Waals surface area contributed by atoms with E-state index in [0.29, 0.717) is 0 Å². The summed E-state index contributed by atoms with van der Waals surface area (Å²) in [6.07, 6.45) is 5.54. The third kappa shape index (κ3) is 1.41. The predicted molar refractivity (Wildman–Crippen MR) is 37.2 cm³/mol. The van der Waals surface area contributed by atoms with Gasteiger partial charge < -0.3 is 4.79 Å². The fourth-order valence-corrected chi connectivity index (χ4v) is 1.27. The Morgan fingerprint density at radius 3 is 2.78 bits per heavy atom. The summed E-state index contributed by atoms with van der Waals surface area (Å²) in [5.41, 5.74) is 1.14. The van der Waals surface area contributed by atoms with Gasteiger partial charge in [-0.1, -0.05) is 18.6 Å². The van der Waals surface area contributed by atoms with Gasteiger partial charge in [0.25, 0.3) is 0 Å². The van der Waals surface area contributed by atoms with Crippen LogP contribution in [0.1, 0.15) is 25.7 Å². The Hall–Kier alpha value is -0.590. The molecule has 0 aliphatic heterocycles. The first-order valence-corrected chi connectivity index (χ1v) is 3.47. The summed E-state index contributed by atoms with van der Waals surface area (Å²) in [4.78, 5) is 10.3. The maximum absolute atomic E-state index is 10.3. The van der Waals surface area contributed by atoms with E-state index in [2.05, 4.69) is 6.58 Å². The molecule has 0 aromatic heterocycles. The molecular weight excluding hydrogens is 112 g/mol. The smallest absolute Gasteiger partial charge is 0.127 e. The normalized spacial score (nSPS) is 28.0. The molecule has 0 N–H and O–H groups in total. The Morgan fingerprint density at radius 2 is 2.33 bits per heavy atom. The molecular formula is C8H12O. The average molecular weight is 124 g/mol. The maximum Gasteiger partial charge on any atom is 0.127 e. The van der Waals surface area contributed by atoms with Gasteiger partial charge in [0.05, 0.1) is 0 Å². The van der Waals surface area contributed by atoms with Crippen LogP contribution in [0, 0.1) is 5.92 Å². The topological polar surface area (TPSA) is 17.1 Å². The molecule has 1 fully saturated rings. The Morgan fingerprint density at radius 1 is 1.56 bits per heavy atom. The second-order valence-corrected chi connectivity index (χ2v) is 2.65. The van der Waals surface area contributed by atoms with Crippen LogP contribution in [-0.4, -0.2) is 6.29 Å². The molecule has 1 rings (SSSR count). The van der Waals surface area contributed by atoms with Crippen LogP contribution in [0.15, 0.2) is 12.2 Å². The van der Waals surface area contributed by atoms with E-state index in [4.69, 9.17) is 0 Å². The first-order chi connectivity index (χ1) is 4.34. The summed E-state index contributed by atoms with van der Waals surface area (Å²) < 4.78 is 0. The van der Waals surface area contributed by atoms with Crippen molar-refractivity contribution in [3.8, 4) is 0 Å². The number of carbonyl (C=O) groups excluding carboxylic acids is 1. The van der Waals surface area contributed by atoms with E-state index in [9.17, 15) is 4.79 Å². The molecule has 1 nitrogen and oxygen atoms in total. The van der Waals surface area contributed by atoms with Crippen LogP contribution in [0.5, 0.6) is 0 Å². The van der Waals surface area contributed by atoms with Crippen molar-refractivity contribution in [2.24, 2.45) is 5.92 Å². The lowest BCUT2D eigenvalue weighted by atomic mass is 9.86. The number of hydrogen-bond acceptors (Lipinski definition) is 1. The minimum Gasteiger partial charge on any atom is -0.303 e. The van der Waals surface area contributed by atoms with Crippen molar-refractivity contribution >= 4 is 6.29 Å². The van der Waals surface area contributed by atoms with E-state index in [1.165, 1.54) is 12.8 Å². The lowest BCUT2D eigenvalue weighted by molar-refractivity contribution is -0.110. The zero-order chi connectivity index (χ0) is 6.69. The molecule has 1 heteroatoms. The highest BCUT2D eigenvalue weighted by atomic mass is 16.1. The van der Waals surface area contributed by atoms with Crippen molar-refractivity contribution in [3.63, 3.8) is 0 Å². The number of carbonyl (C=O) groups is 1. The molecule has 1 aliphatic carbocycles.